The summed E-state index contributed by atoms with van der Waals surface area (Å²) in [4.78, 5) is 43.0. The van der Waals surface area contributed by atoms with Gasteiger partial charge >= 0.3 is 29.2 Å². The number of hydrogen-bond donors (Lipinski definition) is 6. The number of H-pyrrole nitrogens is 1. The number of nitrogens with zero attached hydrogens (tertiary/aromatic N) is 1. The molecule has 17 nitrogen and oxygen atoms in total. The number of aromatic nitrogens is 2. The topological polar surface area (TPSA) is 253 Å². The molecule has 0 amide bonds. The van der Waals surface area contributed by atoms with Crippen LogP contribution in [0.5, 0.6) is 5.75 Å². The van der Waals surface area contributed by atoms with E-state index in [1.54, 1.807) is 4.98 Å². The van der Waals surface area contributed by atoms with Crippen LogP contribution in [0.15, 0.2) is 15.8 Å². The predicted octanol–water partition coefficient (Wildman–Crippen LogP) is -1.75. The summed E-state index contributed by atoms with van der Waals surface area (Å²) >= 11 is 0. The molecule has 2 fully saturated rings. The Labute approximate surface area is 158 Å². The van der Waals surface area contributed by atoms with E-state index in [-0.39, 0.29) is 0 Å². The molecule has 4 unspecified atom stereocenters. The van der Waals surface area contributed by atoms with Crippen molar-refractivity contribution in [3.8, 4) is 5.75 Å². The Morgan fingerprint density at radius 2 is 1.66 bits per heavy atom. The average molecular weight is 482 g/mol. The summed E-state index contributed by atoms with van der Waals surface area (Å²) in [6, 6.07) is 0. The van der Waals surface area contributed by atoms with E-state index in [0.717, 1.165) is 0 Å². The van der Waals surface area contributed by atoms with E-state index in [1.165, 1.54) is 0 Å². The molecule has 2 saturated heterocycles. The van der Waals surface area contributed by atoms with Gasteiger partial charge in [0.15, 0.2) is 12.0 Å². The Balaban J connectivity index is 1.76. The number of nitrogens with one attached hydrogen (secondary N) is 1. The van der Waals surface area contributed by atoms with Crippen molar-refractivity contribution in [3.63, 3.8) is 0 Å². The second-order valence-corrected chi connectivity index (χ2v) is 10.6. The molecule has 29 heavy (non-hydrogen) atoms. The molecule has 0 aromatic carbocycles. The highest BCUT2D eigenvalue weighted by Crippen LogP contribution is 2.80. The summed E-state index contributed by atoms with van der Waals surface area (Å²) in [5.74, 6) is -0.902. The van der Waals surface area contributed by atoms with E-state index in [4.69, 9.17) is 14.5 Å². The van der Waals surface area contributed by atoms with Crippen LogP contribution in [0.2, 0.25) is 0 Å². The third-order valence-corrected chi connectivity index (χ3v) is 8.94. The fourth-order valence-electron chi connectivity index (χ4n) is 2.40. The lowest BCUT2D eigenvalue weighted by Gasteiger charge is -2.27. The zero-order valence-electron chi connectivity index (χ0n) is 13.7. The number of rotatable bonds is 4. The van der Waals surface area contributed by atoms with Crippen molar-refractivity contribution < 1.29 is 61.0 Å². The van der Waals surface area contributed by atoms with Crippen molar-refractivity contribution in [2.24, 2.45) is 0 Å². The second kappa shape index (κ2) is 7.50. The zero-order chi connectivity index (χ0) is 21.8. The van der Waals surface area contributed by atoms with Gasteiger partial charge in [0, 0.05) is 0 Å². The lowest BCUT2D eigenvalue weighted by atomic mass is 10.1. The molecule has 0 aliphatic carbocycles. The first kappa shape index (κ1) is 22.5. The Bertz CT molecular complexity index is 1040. The SMILES string of the molecule is O=c1[nH]c(=O)n([C@@H]2O[C@H](COP3(=O)OP(=O)(O)OP(=O)(O)O3)C(O)C2O)cc1O. The first-order valence-electron chi connectivity index (χ1n) is 7.32. The van der Waals surface area contributed by atoms with E-state index >= 15 is 0 Å². The fraction of sp³-hybridized carbons (Fsp3) is 0.556. The quantitative estimate of drug-likeness (QED) is 0.260. The Morgan fingerprint density at radius 1 is 1.07 bits per heavy atom. The first-order chi connectivity index (χ1) is 13.2. The van der Waals surface area contributed by atoms with Gasteiger partial charge in [-0.05, 0) is 0 Å². The first-order valence-corrected chi connectivity index (χ1v) is 11.8. The maximum atomic E-state index is 12.2. The van der Waals surface area contributed by atoms with Gasteiger partial charge in [0.1, 0.15) is 18.3 Å². The van der Waals surface area contributed by atoms with Crippen LogP contribution in [-0.2, 0) is 35.9 Å². The number of aromatic amines is 1. The number of aliphatic hydroxyl groups is 2. The molecule has 1 aromatic heterocycles. The van der Waals surface area contributed by atoms with E-state index < -0.39 is 71.6 Å². The van der Waals surface area contributed by atoms with Gasteiger partial charge < -0.3 is 29.8 Å². The third kappa shape index (κ3) is 4.77. The van der Waals surface area contributed by atoms with E-state index in [2.05, 4.69) is 17.5 Å². The zero-order valence-corrected chi connectivity index (χ0v) is 16.4. The normalized spacial score (nSPS) is 42.8. The fourth-order valence-corrected chi connectivity index (χ4v) is 7.33. The predicted molar refractivity (Wildman–Crippen MR) is 85.4 cm³/mol. The van der Waals surface area contributed by atoms with E-state index in [1.807, 2.05) is 0 Å². The monoisotopic (exact) mass is 482 g/mol. The van der Waals surface area contributed by atoms with Gasteiger partial charge in [0.25, 0.3) is 5.56 Å². The van der Waals surface area contributed by atoms with Crippen LogP contribution >= 0.6 is 23.5 Å². The molecule has 0 spiro atoms. The smallest absolute Gasteiger partial charge is 0.492 e. The number of aromatic hydroxyl groups is 1. The second-order valence-electron chi connectivity index (χ2n) is 5.65. The average Bonchev–Trinajstić information content (AvgIpc) is 2.81. The summed E-state index contributed by atoms with van der Waals surface area (Å²) in [7, 11) is -15.7. The number of phosphoric acid groups is 3. The van der Waals surface area contributed by atoms with E-state index in [0.29, 0.717) is 10.8 Å². The lowest BCUT2D eigenvalue weighted by Crippen LogP contribution is -2.37. The molecular weight excluding hydrogens is 469 g/mol. The molecule has 0 bridgehead atoms. The van der Waals surface area contributed by atoms with Gasteiger partial charge in [0.2, 0.25) is 0 Å². The molecule has 2 aliphatic heterocycles. The van der Waals surface area contributed by atoms with Crippen LogP contribution in [0.4, 0.5) is 0 Å². The van der Waals surface area contributed by atoms with Crippen molar-refractivity contribution in [1.29, 1.82) is 0 Å². The summed E-state index contributed by atoms with van der Waals surface area (Å²) < 4.78 is 56.9. The molecule has 0 radical (unpaired) electrons. The van der Waals surface area contributed by atoms with Gasteiger partial charge in [-0.3, -0.25) is 18.9 Å². The molecule has 3 heterocycles. The molecule has 20 heteroatoms. The molecule has 0 saturated carbocycles. The van der Waals surface area contributed by atoms with Crippen LogP contribution in [0.1, 0.15) is 6.23 Å². The summed E-state index contributed by atoms with van der Waals surface area (Å²) in [5, 5.41) is 29.5. The van der Waals surface area contributed by atoms with Crippen LogP contribution in [0, 0.1) is 0 Å². The molecule has 1 aromatic rings. The van der Waals surface area contributed by atoms with Crippen LogP contribution in [0.3, 0.4) is 0 Å². The molecule has 6 atom stereocenters. The van der Waals surface area contributed by atoms with Crippen molar-refractivity contribution in [3.05, 3.63) is 27.0 Å². The minimum Gasteiger partial charge on any atom is -0.502 e. The Morgan fingerprint density at radius 3 is 2.24 bits per heavy atom. The van der Waals surface area contributed by atoms with Crippen LogP contribution in [-0.4, -0.2) is 59.6 Å². The molecular formula is C9H13N2O15P3. The number of ether oxygens (including phenoxy) is 1. The van der Waals surface area contributed by atoms with E-state index in [9.17, 15) is 38.6 Å². The van der Waals surface area contributed by atoms with Gasteiger partial charge in [-0.25, -0.2) is 18.5 Å². The summed E-state index contributed by atoms with van der Waals surface area (Å²) in [6.07, 6.45) is -6.23. The Hall–Kier alpha value is -1.19. The molecule has 2 aliphatic rings. The number of hydrogen-bond acceptors (Lipinski definition) is 13. The Kier molecular flexibility index (Phi) is 5.81. The van der Waals surface area contributed by atoms with Gasteiger partial charge in [-0.15, -0.1) is 0 Å². The number of aliphatic hydroxyl groups excluding tert-OH is 2. The van der Waals surface area contributed by atoms with Crippen molar-refractivity contribution in [1.82, 2.24) is 9.55 Å². The molecule has 6 N–H and O–H groups in total. The highest BCUT2D eigenvalue weighted by atomic mass is 31.3. The maximum absolute atomic E-state index is 12.2. The van der Waals surface area contributed by atoms with Crippen molar-refractivity contribution >= 4 is 23.5 Å². The highest BCUT2D eigenvalue weighted by Gasteiger charge is 2.55. The minimum atomic E-state index is -5.28. The largest absolute Gasteiger partial charge is 0.502 e. The summed E-state index contributed by atoms with van der Waals surface area (Å²) in [5.41, 5.74) is -2.23. The summed E-state index contributed by atoms with van der Waals surface area (Å²) in [6.45, 7) is -0.990. The molecule has 3 rings (SSSR count). The minimum absolute atomic E-state index is 0.540. The lowest BCUT2D eigenvalue weighted by molar-refractivity contribution is -0.0547. The standard InChI is InChI=1S/C9H13N2O15P3/c12-3-1-11(9(16)10-7(3)15)8-6(14)5(13)4(23-8)2-22-29(21)25-27(17,18)24-28(19,20)26-29/h1,4-6,8,12-14H,2H2,(H,17,18)(H,19,20)(H,10,15,16)/t4-,5?,6?,8-/m1/s1. The van der Waals surface area contributed by atoms with Crippen molar-refractivity contribution in [2.75, 3.05) is 6.61 Å². The van der Waals surface area contributed by atoms with Gasteiger partial charge in [0.05, 0.1) is 12.8 Å². The highest BCUT2D eigenvalue weighted by molar-refractivity contribution is 7.74. The third-order valence-electron chi connectivity index (χ3n) is 3.57. The maximum Gasteiger partial charge on any atom is 0.492 e. The van der Waals surface area contributed by atoms with Crippen molar-refractivity contribution in [2.45, 2.75) is 24.5 Å². The van der Waals surface area contributed by atoms with Gasteiger partial charge in [-0.2, -0.15) is 12.9 Å². The van der Waals surface area contributed by atoms with Crippen LogP contribution < -0.4 is 11.2 Å². The van der Waals surface area contributed by atoms with Crippen LogP contribution in [0.25, 0.3) is 0 Å². The molecule has 164 valence electrons. The van der Waals surface area contributed by atoms with Gasteiger partial charge in [-0.1, -0.05) is 0 Å².